The van der Waals surface area contributed by atoms with Gasteiger partial charge in [-0.3, -0.25) is 0 Å². The van der Waals surface area contributed by atoms with Crippen LogP contribution in [0.1, 0.15) is 20.3 Å². The zero-order valence-corrected chi connectivity index (χ0v) is 11.7. The van der Waals surface area contributed by atoms with Gasteiger partial charge in [-0.2, -0.15) is 0 Å². The summed E-state index contributed by atoms with van der Waals surface area (Å²) < 4.78 is 6.73. The molecular formula is C13H20BrNO. The first-order chi connectivity index (χ1) is 7.77. The van der Waals surface area contributed by atoms with Crippen LogP contribution >= 0.6 is 15.9 Å². The largest absolute Gasteiger partial charge is 0.492 e. The van der Waals surface area contributed by atoms with Gasteiger partial charge in [0.25, 0.3) is 0 Å². The van der Waals surface area contributed by atoms with E-state index in [1.165, 1.54) is 0 Å². The van der Waals surface area contributed by atoms with Gasteiger partial charge in [-0.05, 0) is 47.6 Å². The summed E-state index contributed by atoms with van der Waals surface area (Å²) in [5.41, 5.74) is 0. The summed E-state index contributed by atoms with van der Waals surface area (Å²) >= 11 is 3.47. The Morgan fingerprint density at radius 1 is 1.19 bits per heavy atom. The molecule has 1 aromatic rings. The van der Waals surface area contributed by atoms with Crippen LogP contribution in [0.25, 0.3) is 0 Å². The van der Waals surface area contributed by atoms with E-state index in [-0.39, 0.29) is 0 Å². The van der Waals surface area contributed by atoms with Crippen LogP contribution in [0.15, 0.2) is 28.7 Å². The Hall–Kier alpha value is -0.540. The van der Waals surface area contributed by atoms with E-state index in [1.807, 2.05) is 24.3 Å². The maximum atomic E-state index is 5.70. The summed E-state index contributed by atoms with van der Waals surface area (Å²) in [6, 6.07) is 7.97. The minimum absolute atomic E-state index is 0.777. The van der Waals surface area contributed by atoms with Gasteiger partial charge in [0.15, 0.2) is 0 Å². The molecule has 0 saturated carbocycles. The molecule has 0 heterocycles. The van der Waals surface area contributed by atoms with Crippen LogP contribution < -0.4 is 4.74 Å². The van der Waals surface area contributed by atoms with E-state index in [9.17, 15) is 0 Å². The van der Waals surface area contributed by atoms with Crippen molar-refractivity contribution in [2.24, 2.45) is 0 Å². The molecule has 1 rings (SSSR count). The molecule has 0 saturated heterocycles. The molecule has 1 aromatic carbocycles. The molecule has 0 aliphatic rings. The SMILES string of the molecule is CCN(CC)CCCOc1ccccc1Br. The van der Waals surface area contributed by atoms with E-state index in [0.29, 0.717) is 0 Å². The minimum atomic E-state index is 0.777. The average molecular weight is 286 g/mol. The Bertz CT molecular complexity index is 300. The molecule has 0 N–H and O–H groups in total. The van der Waals surface area contributed by atoms with Crippen LogP contribution in [0, 0.1) is 0 Å². The van der Waals surface area contributed by atoms with Crippen molar-refractivity contribution in [1.29, 1.82) is 0 Å². The summed E-state index contributed by atoms with van der Waals surface area (Å²) in [7, 11) is 0. The van der Waals surface area contributed by atoms with Crippen molar-refractivity contribution in [3.63, 3.8) is 0 Å². The molecule has 0 unspecified atom stereocenters. The van der Waals surface area contributed by atoms with Crippen molar-refractivity contribution in [3.8, 4) is 5.75 Å². The maximum Gasteiger partial charge on any atom is 0.133 e. The van der Waals surface area contributed by atoms with Crippen molar-refractivity contribution in [2.75, 3.05) is 26.2 Å². The number of nitrogens with zero attached hydrogens (tertiary/aromatic N) is 1. The molecule has 0 aliphatic heterocycles. The van der Waals surface area contributed by atoms with E-state index >= 15 is 0 Å². The zero-order valence-electron chi connectivity index (χ0n) is 10.1. The first-order valence-electron chi connectivity index (χ1n) is 5.87. The second kappa shape index (κ2) is 7.69. The third kappa shape index (κ3) is 4.54. The summed E-state index contributed by atoms with van der Waals surface area (Å²) in [5.74, 6) is 0.932. The standard InChI is InChI=1S/C13H20BrNO/c1-3-15(4-2)10-7-11-16-13-9-6-5-8-12(13)14/h5-6,8-9H,3-4,7,10-11H2,1-2H3. The number of rotatable bonds is 7. The van der Waals surface area contributed by atoms with Crippen molar-refractivity contribution < 1.29 is 4.74 Å². The van der Waals surface area contributed by atoms with Crippen molar-refractivity contribution in [2.45, 2.75) is 20.3 Å². The van der Waals surface area contributed by atoms with E-state index in [1.54, 1.807) is 0 Å². The highest BCUT2D eigenvalue weighted by Crippen LogP contribution is 2.23. The fourth-order valence-corrected chi connectivity index (χ4v) is 1.97. The van der Waals surface area contributed by atoms with E-state index in [0.717, 1.165) is 42.9 Å². The number of ether oxygens (including phenoxy) is 1. The Morgan fingerprint density at radius 3 is 2.50 bits per heavy atom. The molecule has 0 spiro atoms. The third-order valence-electron chi connectivity index (χ3n) is 2.61. The smallest absolute Gasteiger partial charge is 0.133 e. The fourth-order valence-electron chi connectivity index (χ4n) is 1.57. The number of halogens is 1. The predicted octanol–water partition coefficient (Wildman–Crippen LogP) is 3.56. The lowest BCUT2D eigenvalue weighted by Gasteiger charge is -2.17. The van der Waals surface area contributed by atoms with Gasteiger partial charge in [-0.25, -0.2) is 0 Å². The maximum absolute atomic E-state index is 5.70. The van der Waals surface area contributed by atoms with Gasteiger partial charge < -0.3 is 9.64 Å². The highest BCUT2D eigenvalue weighted by Gasteiger charge is 2.01. The lowest BCUT2D eigenvalue weighted by atomic mass is 10.3. The highest BCUT2D eigenvalue weighted by molar-refractivity contribution is 9.10. The minimum Gasteiger partial charge on any atom is -0.492 e. The summed E-state index contributed by atoms with van der Waals surface area (Å²) in [4.78, 5) is 2.41. The number of para-hydroxylation sites is 1. The fraction of sp³-hybridized carbons (Fsp3) is 0.538. The van der Waals surface area contributed by atoms with E-state index in [2.05, 4.69) is 34.7 Å². The van der Waals surface area contributed by atoms with Crippen molar-refractivity contribution in [3.05, 3.63) is 28.7 Å². The van der Waals surface area contributed by atoms with Gasteiger partial charge in [-0.15, -0.1) is 0 Å². The van der Waals surface area contributed by atoms with E-state index in [4.69, 9.17) is 4.74 Å². The molecule has 0 aromatic heterocycles. The van der Waals surface area contributed by atoms with Crippen molar-refractivity contribution >= 4 is 15.9 Å². The number of benzene rings is 1. The Balaban J connectivity index is 2.23. The molecule has 3 heteroatoms. The molecule has 0 aliphatic carbocycles. The van der Waals surface area contributed by atoms with Crippen LogP contribution in [0.5, 0.6) is 5.75 Å². The molecule has 0 bridgehead atoms. The van der Waals surface area contributed by atoms with Crippen LogP contribution in [-0.2, 0) is 0 Å². The van der Waals surface area contributed by atoms with Gasteiger partial charge in [0.2, 0.25) is 0 Å². The van der Waals surface area contributed by atoms with Crippen LogP contribution in [0.2, 0.25) is 0 Å². The average Bonchev–Trinajstić information content (AvgIpc) is 2.31. The molecular weight excluding hydrogens is 266 g/mol. The first-order valence-corrected chi connectivity index (χ1v) is 6.67. The third-order valence-corrected chi connectivity index (χ3v) is 3.26. The monoisotopic (exact) mass is 285 g/mol. The lowest BCUT2D eigenvalue weighted by molar-refractivity contribution is 0.248. The second-order valence-electron chi connectivity index (χ2n) is 3.66. The zero-order chi connectivity index (χ0) is 11.8. The molecule has 0 atom stereocenters. The molecule has 0 amide bonds. The molecule has 90 valence electrons. The Morgan fingerprint density at radius 2 is 1.88 bits per heavy atom. The summed E-state index contributed by atoms with van der Waals surface area (Å²) in [6.45, 7) is 8.50. The van der Waals surface area contributed by atoms with Crippen LogP contribution in [0.3, 0.4) is 0 Å². The van der Waals surface area contributed by atoms with Crippen molar-refractivity contribution in [1.82, 2.24) is 4.90 Å². The Kier molecular flexibility index (Phi) is 6.50. The Labute approximate surface area is 107 Å². The number of hydrogen-bond acceptors (Lipinski definition) is 2. The first kappa shape index (κ1) is 13.5. The molecule has 16 heavy (non-hydrogen) atoms. The normalized spacial score (nSPS) is 10.8. The topological polar surface area (TPSA) is 12.5 Å². The molecule has 2 nitrogen and oxygen atoms in total. The van der Waals surface area contributed by atoms with Gasteiger partial charge in [0, 0.05) is 6.54 Å². The summed E-state index contributed by atoms with van der Waals surface area (Å²) in [5, 5.41) is 0. The predicted molar refractivity (Wildman–Crippen MR) is 72.0 cm³/mol. The van der Waals surface area contributed by atoms with Crippen LogP contribution in [0.4, 0.5) is 0 Å². The second-order valence-corrected chi connectivity index (χ2v) is 4.51. The van der Waals surface area contributed by atoms with Crippen LogP contribution in [-0.4, -0.2) is 31.1 Å². The van der Waals surface area contributed by atoms with Gasteiger partial charge >= 0.3 is 0 Å². The molecule has 0 radical (unpaired) electrons. The highest BCUT2D eigenvalue weighted by atomic mass is 79.9. The molecule has 0 fully saturated rings. The van der Waals surface area contributed by atoms with Gasteiger partial charge in [0.1, 0.15) is 5.75 Å². The number of hydrogen-bond donors (Lipinski definition) is 0. The van der Waals surface area contributed by atoms with Gasteiger partial charge in [0.05, 0.1) is 11.1 Å². The lowest BCUT2D eigenvalue weighted by Crippen LogP contribution is -2.25. The van der Waals surface area contributed by atoms with E-state index < -0.39 is 0 Å². The quantitative estimate of drug-likeness (QED) is 0.711. The summed E-state index contributed by atoms with van der Waals surface area (Å²) in [6.07, 6.45) is 1.07. The van der Waals surface area contributed by atoms with Gasteiger partial charge in [-0.1, -0.05) is 26.0 Å².